The lowest BCUT2D eigenvalue weighted by atomic mass is 9.86. The zero-order valence-electron chi connectivity index (χ0n) is 11.9. The van der Waals surface area contributed by atoms with Crippen LogP contribution in [0, 0.1) is 5.41 Å². The van der Waals surface area contributed by atoms with Gasteiger partial charge in [-0.3, -0.25) is 0 Å². The average molecular weight is 242 g/mol. The van der Waals surface area contributed by atoms with Crippen LogP contribution in [0.4, 0.5) is 0 Å². The molecule has 0 bridgehead atoms. The minimum Gasteiger partial charge on any atom is -0.381 e. The van der Waals surface area contributed by atoms with Gasteiger partial charge in [0.05, 0.1) is 6.61 Å². The molecule has 3 nitrogen and oxygen atoms in total. The smallest absolute Gasteiger partial charge is 0.0547 e. The Morgan fingerprint density at radius 1 is 1.29 bits per heavy atom. The molecule has 0 aromatic rings. The number of unbranched alkanes of at least 4 members (excludes halogenated alkanes) is 2. The number of ether oxygens (including phenoxy) is 1. The number of rotatable bonds is 9. The van der Waals surface area contributed by atoms with E-state index in [1.165, 1.54) is 38.8 Å². The Hall–Kier alpha value is -0.120. The molecule has 17 heavy (non-hydrogen) atoms. The van der Waals surface area contributed by atoms with E-state index < -0.39 is 0 Å². The molecular formula is C14H30N2O. The highest BCUT2D eigenvalue weighted by atomic mass is 16.5. The van der Waals surface area contributed by atoms with E-state index in [0.717, 1.165) is 26.3 Å². The van der Waals surface area contributed by atoms with Crippen molar-refractivity contribution in [2.75, 3.05) is 46.4 Å². The number of nitrogens with zero attached hydrogens (tertiary/aromatic N) is 1. The van der Waals surface area contributed by atoms with Crippen LogP contribution in [0.3, 0.4) is 0 Å². The maximum atomic E-state index is 5.62. The van der Waals surface area contributed by atoms with Crippen LogP contribution in [0.1, 0.15) is 39.5 Å². The van der Waals surface area contributed by atoms with Crippen LogP contribution >= 0.6 is 0 Å². The van der Waals surface area contributed by atoms with Crippen molar-refractivity contribution in [3.8, 4) is 0 Å². The fraction of sp³-hybridized carbons (Fsp3) is 1.00. The van der Waals surface area contributed by atoms with Crippen molar-refractivity contribution in [1.82, 2.24) is 10.2 Å². The fourth-order valence-corrected chi connectivity index (χ4v) is 2.64. The summed E-state index contributed by atoms with van der Waals surface area (Å²) in [7, 11) is 2.25. The van der Waals surface area contributed by atoms with E-state index in [-0.39, 0.29) is 0 Å². The van der Waals surface area contributed by atoms with Gasteiger partial charge in [0.1, 0.15) is 0 Å². The first-order chi connectivity index (χ1) is 8.22. The largest absolute Gasteiger partial charge is 0.381 e. The Balaban J connectivity index is 2.32. The third kappa shape index (κ3) is 5.36. The molecule has 1 aliphatic rings. The first-order valence-corrected chi connectivity index (χ1v) is 7.19. The lowest BCUT2D eigenvalue weighted by molar-refractivity contribution is 0.118. The van der Waals surface area contributed by atoms with Crippen LogP contribution in [0.5, 0.6) is 0 Å². The van der Waals surface area contributed by atoms with E-state index in [1.807, 2.05) is 0 Å². The van der Waals surface area contributed by atoms with Gasteiger partial charge in [-0.15, -0.1) is 0 Å². The predicted molar refractivity (Wildman–Crippen MR) is 73.4 cm³/mol. The van der Waals surface area contributed by atoms with Crippen LogP contribution in [0.15, 0.2) is 0 Å². The number of nitrogens with one attached hydrogen (secondary N) is 1. The molecule has 1 heterocycles. The number of hydrogen-bond donors (Lipinski definition) is 1. The van der Waals surface area contributed by atoms with Crippen LogP contribution in [0.2, 0.25) is 0 Å². The van der Waals surface area contributed by atoms with Gasteiger partial charge >= 0.3 is 0 Å². The first-order valence-electron chi connectivity index (χ1n) is 7.19. The molecule has 0 radical (unpaired) electrons. The van der Waals surface area contributed by atoms with Crippen molar-refractivity contribution in [1.29, 1.82) is 0 Å². The molecule has 0 aliphatic carbocycles. The maximum absolute atomic E-state index is 5.62. The zero-order chi connectivity index (χ0) is 12.6. The lowest BCUT2D eigenvalue weighted by Crippen LogP contribution is -2.43. The van der Waals surface area contributed by atoms with Crippen molar-refractivity contribution in [3.63, 3.8) is 0 Å². The van der Waals surface area contributed by atoms with Crippen molar-refractivity contribution in [3.05, 3.63) is 0 Å². The average Bonchev–Trinajstić information content (AvgIpc) is 2.76. The summed E-state index contributed by atoms with van der Waals surface area (Å²) in [5.74, 6) is 0. The molecule has 1 unspecified atom stereocenters. The summed E-state index contributed by atoms with van der Waals surface area (Å²) in [4.78, 5) is 2.49. The van der Waals surface area contributed by atoms with Crippen LogP contribution < -0.4 is 5.32 Å². The Morgan fingerprint density at radius 3 is 2.71 bits per heavy atom. The van der Waals surface area contributed by atoms with Gasteiger partial charge in [0.2, 0.25) is 0 Å². The molecule has 1 rings (SSSR count). The summed E-state index contributed by atoms with van der Waals surface area (Å²) in [6.45, 7) is 10.9. The molecule has 0 aromatic heterocycles. The second kappa shape index (κ2) is 8.06. The highest BCUT2D eigenvalue weighted by Crippen LogP contribution is 2.28. The van der Waals surface area contributed by atoms with Crippen LogP contribution in [0.25, 0.3) is 0 Å². The molecule has 0 spiro atoms. The van der Waals surface area contributed by atoms with E-state index in [2.05, 4.69) is 31.1 Å². The Morgan fingerprint density at radius 2 is 2.12 bits per heavy atom. The minimum atomic E-state index is 0.358. The Bertz CT molecular complexity index is 191. The van der Waals surface area contributed by atoms with Gasteiger partial charge in [-0.25, -0.2) is 0 Å². The SMILES string of the molecule is CCCCCN(C)CC1(CNCC)CCOC1. The maximum Gasteiger partial charge on any atom is 0.0547 e. The standard InChI is InChI=1S/C14H30N2O/c1-4-6-7-9-16(3)12-14(11-15-5-2)8-10-17-13-14/h15H,4-13H2,1-3H3. The van der Waals surface area contributed by atoms with Crippen LogP contribution in [-0.2, 0) is 4.74 Å². The van der Waals surface area contributed by atoms with E-state index in [9.17, 15) is 0 Å². The van der Waals surface area contributed by atoms with Gasteiger partial charge < -0.3 is 15.0 Å². The quantitative estimate of drug-likeness (QED) is 0.627. The van der Waals surface area contributed by atoms with Crippen molar-refractivity contribution >= 4 is 0 Å². The van der Waals surface area contributed by atoms with Gasteiger partial charge in [-0.1, -0.05) is 26.7 Å². The molecular weight excluding hydrogens is 212 g/mol. The van der Waals surface area contributed by atoms with Gasteiger partial charge in [0.15, 0.2) is 0 Å². The molecule has 0 aromatic carbocycles. The van der Waals surface area contributed by atoms with Gasteiger partial charge in [-0.05, 0) is 33.0 Å². The summed E-state index contributed by atoms with van der Waals surface area (Å²) in [5, 5.41) is 3.50. The first kappa shape index (κ1) is 14.9. The predicted octanol–water partition coefficient (Wildman–Crippen LogP) is 2.12. The molecule has 1 N–H and O–H groups in total. The van der Waals surface area contributed by atoms with Crippen molar-refractivity contribution in [2.24, 2.45) is 5.41 Å². The normalized spacial score (nSPS) is 24.7. The third-order valence-electron chi connectivity index (χ3n) is 3.68. The lowest BCUT2D eigenvalue weighted by Gasteiger charge is -2.32. The topological polar surface area (TPSA) is 24.5 Å². The molecule has 3 heteroatoms. The molecule has 0 amide bonds. The number of hydrogen-bond acceptors (Lipinski definition) is 3. The summed E-state index contributed by atoms with van der Waals surface area (Å²) in [6.07, 6.45) is 5.18. The molecule has 1 fully saturated rings. The summed E-state index contributed by atoms with van der Waals surface area (Å²) in [6, 6.07) is 0. The van der Waals surface area contributed by atoms with Gasteiger partial charge in [-0.2, -0.15) is 0 Å². The van der Waals surface area contributed by atoms with E-state index in [4.69, 9.17) is 4.74 Å². The van der Waals surface area contributed by atoms with E-state index in [0.29, 0.717) is 5.41 Å². The molecule has 102 valence electrons. The Labute approximate surface area is 107 Å². The van der Waals surface area contributed by atoms with Crippen molar-refractivity contribution < 1.29 is 4.74 Å². The molecule has 1 saturated heterocycles. The van der Waals surface area contributed by atoms with E-state index >= 15 is 0 Å². The van der Waals surface area contributed by atoms with Crippen LogP contribution in [-0.4, -0.2) is 51.3 Å². The molecule has 1 atom stereocenters. The van der Waals surface area contributed by atoms with E-state index in [1.54, 1.807) is 0 Å². The third-order valence-corrected chi connectivity index (χ3v) is 3.68. The van der Waals surface area contributed by atoms with Gasteiger partial charge in [0, 0.05) is 25.1 Å². The second-order valence-electron chi connectivity index (χ2n) is 5.53. The zero-order valence-corrected chi connectivity index (χ0v) is 11.9. The Kier molecular flexibility index (Phi) is 7.09. The summed E-state index contributed by atoms with van der Waals surface area (Å²) >= 11 is 0. The molecule has 1 aliphatic heterocycles. The highest BCUT2D eigenvalue weighted by molar-refractivity contribution is 4.87. The fourth-order valence-electron chi connectivity index (χ4n) is 2.64. The highest BCUT2D eigenvalue weighted by Gasteiger charge is 2.35. The molecule has 0 saturated carbocycles. The second-order valence-corrected chi connectivity index (χ2v) is 5.53. The monoisotopic (exact) mass is 242 g/mol. The van der Waals surface area contributed by atoms with Crippen molar-refractivity contribution in [2.45, 2.75) is 39.5 Å². The minimum absolute atomic E-state index is 0.358. The summed E-state index contributed by atoms with van der Waals surface area (Å²) < 4.78 is 5.62. The summed E-state index contributed by atoms with van der Waals surface area (Å²) in [5.41, 5.74) is 0.358. The van der Waals surface area contributed by atoms with Gasteiger partial charge in [0.25, 0.3) is 0 Å².